The summed E-state index contributed by atoms with van der Waals surface area (Å²) in [6.07, 6.45) is 4.89. The second kappa shape index (κ2) is 6.28. The number of rotatable bonds is 0. The van der Waals surface area contributed by atoms with E-state index in [4.69, 9.17) is 4.74 Å². The van der Waals surface area contributed by atoms with Crippen LogP contribution in [0.3, 0.4) is 0 Å². The van der Waals surface area contributed by atoms with Crippen LogP contribution in [0.15, 0.2) is 18.5 Å². The third kappa shape index (κ3) is 2.43. The predicted octanol–water partition coefficient (Wildman–Crippen LogP) is 3.63. The minimum atomic E-state index is 0.805. The summed E-state index contributed by atoms with van der Waals surface area (Å²) < 4.78 is 7.46. The van der Waals surface area contributed by atoms with Crippen LogP contribution in [-0.4, -0.2) is 16.2 Å². The molecule has 0 fully saturated rings. The van der Waals surface area contributed by atoms with E-state index in [1.807, 2.05) is 44.6 Å². The normalized spacial score (nSPS) is 11.8. The summed E-state index contributed by atoms with van der Waals surface area (Å²) in [5.74, 6) is 1.03. The van der Waals surface area contributed by atoms with Crippen LogP contribution in [0, 0.1) is 6.92 Å². The maximum Gasteiger partial charge on any atom is 0.148 e. The van der Waals surface area contributed by atoms with Gasteiger partial charge in [-0.2, -0.15) is 5.10 Å². The van der Waals surface area contributed by atoms with Gasteiger partial charge in [-0.1, -0.05) is 27.7 Å². The summed E-state index contributed by atoms with van der Waals surface area (Å²) >= 11 is 0. The van der Waals surface area contributed by atoms with Gasteiger partial charge in [-0.15, -0.1) is 0 Å². The van der Waals surface area contributed by atoms with Gasteiger partial charge in [-0.25, -0.2) is 4.52 Å². The van der Waals surface area contributed by atoms with E-state index in [0.29, 0.717) is 0 Å². The lowest BCUT2D eigenvalue weighted by molar-refractivity contribution is 0.359. The average Bonchev–Trinajstić information content (AvgIpc) is 3.00. The van der Waals surface area contributed by atoms with E-state index in [0.717, 1.165) is 24.3 Å². The van der Waals surface area contributed by atoms with Crippen molar-refractivity contribution in [3.05, 3.63) is 29.6 Å². The Kier molecular flexibility index (Phi) is 5.01. The van der Waals surface area contributed by atoms with Crippen LogP contribution in [0.1, 0.15) is 38.8 Å². The number of ether oxygens (including phenoxy) is 1. The van der Waals surface area contributed by atoms with Crippen molar-refractivity contribution in [3.8, 4) is 5.75 Å². The molecule has 0 saturated carbocycles. The SMILES string of the molecule is CC.CC.Cc1cnn2ccc3c(c12)OCC3. The lowest BCUT2D eigenvalue weighted by Crippen LogP contribution is -1.90. The molecule has 0 spiro atoms. The fourth-order valence-electron chi connectivity index (χ4n) is 1.85. The Hall–Kier alpha value is -1.51. The molecule has 0 amide bonds. The topological polar surface area (TPSA) is 26.5 Å². The molecule has 0 aromatic carbocycles. The zero-order valence-corrected chi connectivity index (χ0v) is 11.4. The first-order valence-corrected chi connectivity index (χ1v) is 6.45. The van der Waals surface area contributed by atoms with Crippen LogP contribution in [-0.2, 0) is 6.42 Å². The Morgan fingerprint density at radius 1 is 1.24 bits per heavy atom. The molecule has 0 aliphatic carbocycles. The second-order valence-corrected chi connectivity index (χ2v) is 3.39. The van der Waals surface area contributed by atoms with Crippen molar-refractivity contribution in [1.82, 2.24) is 9.61 Å². The van der Waals surface area contributed by atoms with Gasteiger partial charge in [0.25, 0.3) is 0 Å². The van der Waals surface area contributed by atoms with Gasteiger partial charge in [0.1, 0.15) is 11.3 Å². The van der Waals surface area contributed by atoms with E-state index in [-0.39, 0.29) is 0 Å². The Morgan fingerprint density at radius 3 is 2.65 bits per heavy atom. The highest BCUT2D eigenvalue weighted by Crippen LogP contribution is 2.31. The molecule has 3 heteroatoms. The maximum atomic E-state index is 5.59. The van der Waals surface area contributed by atoms with E-state index in [1.165, 1.54) is 11.1 Å². The van der Waals surface area contributed by atoms with Crippen molar-refractivity contribution in [1.29, 1.82) is 0 Å². The van der Waals surface area contributed by atoms with Gasteiger partial charge in [0, 0.05) is 18.2 Å². The van der Waals surface area contributed by atoms with Crippen molar-refractivity contribution in [2.24, 2.45) is 0 Å². The van der Waals surface area contributed by atoms with Gasteiger partial charge < -0.3 is 4.74 Å². The van der Waals surface area contributed by atoms with Crippen LogP contribution < -0.4 is 4.74 Å². The monoisotopic (exact) mass is 234 g/mol. The quantitative estimate of drug-likeness (QED) is 0.696. The summed E-state index contributed by atoms with van der Waals surface area (Å²) in [4.78, 5) is 0. The van der Waals surface area contributed by atoms with Crippen LogP contribution in [0.5, 0.6) is 5.75 Å². The van der Waals surface area contributed by atoms with Gasteiger partial charge in [-0.3, -0.25) is 0 Å². The molecule has 0 radical (unpaired) electrons. The fourth-order valence-corrected chi connectivity index (χ4v) is 1.85. The third-order valence-electron chi connectivity index (χ3n) is 2.52. The zero-order chi connectivity index (χ0) is 12.8. The van der Waals surface area contributed by atoms with Gasteiger partial charge in [0.15, 0.2) is 0 Å². The third-order valence-corrected chi connectivity index (χ3v) is 2.52. The molecule has 17 heavy (non-hydrogen) atoms. The highest BCUT2D eigenvalue weighted by Gasteiger charge is 2.17. The van der Waals surface area contributed by atoms with Crippen molar-refractivity contribution in [3.63, 3.8) is 0 Å². The summed E-state index contributed by atoms with van der Waals surface area (Å²) in [6, 6.07) is 2.09. The summed E-state index contributed by atoms with van der Waals surface area (Å²) in [5.41, 5.74) is 3.60. The molecule has 2 aromatic heterocycles. The fraction of sp³-hybridized carbons (Fsp3) is 0.500. The Balaban J connectivity index is 0.000000330. The maximum absolute atomic E-state index is 5.59. The number of nitrogens with zero attached hydrogens (tertiary/aromatic N) is 2. The van der Waals surface area contributed by atoms with Crippen molar-refractivity contribution in [2.75, 3.05) is 6.61 Å². The van der Waals surface area contributed by atoms with E-state index < -0.39 is 0 Å². The van der Waals surface area contributed by atoms with E-state index in [9.17, 15) is 0 Å². The number of aryl methyl sites for hydroxylation is 1. The number of aromatic nitrogens is 2. The Morgan fingerprint density at radius 2 is 1.94 bits per heavy atom. The minimum Gasteiger partial charge on any atom is -0.491 e. The minimum absolute atomic E-state index is 0.805. The number of pyridine rings is 1. The Labute approximate surface area is 103 Å². The van der Waals surface area contributed by atoms with Gasteiger partial charge in [0.2, 0.25) is 0 Å². The smallest absolute Gasteiger partial charge is 0.148 e. The highest BCUT2D eigenvalue weighted by atomic mass is 16.5. The van der Waals surface area contributed by atoms with E-state index in [1.54, 1.807) is 0 Å². The Bertz CT molecular complexity index is 474. The number of hydrogen-bond acceptors (Lipinski definition) is 2. The summed E-state index contributed by atoms with van der Waals surface area (Å²) in [7, 11) is 0. The summed E-state index contributed by atoms with van der Waals surface area (Å²) in [5, 5.41) is 4.23. The van der Waals surface area contributed by atoms with Gasteiger partial charge in [0.05, 0.1) is 12.8 Å². The molecule has 3 nitrogen and oxygen atoms in total. The van der Waals surface area contributed by atoms with E-state index >= 15 is 0 Å². The van der Waals surface area contributed by atoms with Crippen LogP contribution in [0.2, 0.25) is 0 Å². The number of hydrogen-bond donors (Lipinski definition) is 0. The first kappa shape index (κ1) is 13.6. The second-order valence-electron chi connectivity index (χ2n) is 3.39. The average molecular weight is 234 g/mol. The largest absolute Gasteiger partial charge is 0.491 e. The summed E-state index contributed by atoms with van der Waals surface area (Å²) in [6.45, 7) is 10.9. The van der Waals surface area contributed by atoms with Crippen molar-refractivity contribution < 1.29 is 4.74 Å². The molecule has 94 valence electrons. The van der Waals surface area contributed by atoms with Crippen LogP contribution in [0.25, 0.3) is 5.52 Å². The van der Waals surface area contributed by atoms with E-state index in [2.05, 4.69) is 18.1 Å². The molecule has 0 saturated heterocycles. The molecule has 2 aromatic rings. The molecule has 1 aliphatic heterocycles. The predicted molar refractivity (Wildman–Crippen MR) is 71.8 cm³/mol. The molecular weight excluding hydrogens is 212 g/mol. The molecule has 3 rings (SSSR count). The molecule has 3 heterocycles. The number of fused-ring (bicyclic) bond motifs is 3. The molecule has 0 unspecified atom stereocenters. The lowest BCUT2D eigenvalue weighted by Gasteiger charge is -2.01. The lowest BCUT2D eigenvalue weighted by atomic mass is 10.2. The standard InChI is InChI=1S/C10H10N2O.2C2H6/c1-7-6-11-12-4-2-8-3-5-13-10(8)9(7)12;2*1-2/h2,4,6H,3,5H2,1H3;2*1-2H3. The molecule has 0 N–H and O–H groups in total. The molecule has 0 bridgehead atoms. The molecule has 0 atom stereocenters. The van der Waals surface area contributed by atoms with Crippen molar-refractivity contribution in [2.45, 2.75) is 41.0 Å². The molecular formula is C14H22N2O. The van der Waals surface area contributed by atoms with Crippen molar-refractivity contribution >= 4 is 5.52 Å². The van der Waals surface area contributed by atoms with Gasteiger partial charge in [-0.05, 0) is 18.6 Å². The first-order valence-electron chi connectivity index (χ1n) is 6.45. The van der Waals surface area contributed by atoms with Crippen LogP contribution >= 0.6 is 0 Å². The van der Waals surface area contributed by atoms with Gasteiger partial charge >= 0.3 is 0 Å². The highest BCUT2D eigenvalue weighted by molar-refractivity contribution is 5.68. The first-order chi connectivity index (χ1) is 8.36. The molecule has 1 aliphatic rings. The zero-order valence-electron chi connectivity index (χ0n) is 11.4. The van der Waals surface area contributed by atoms with Crippen LogP contribution in [0.4, 0.5) is 0 Å².